The Balaban J connectivity index is 1.73. The minimum atomic E-state index is 0.120. The number of hydrogen-bond donors (Lipinski definition) is 1. The second-order valence-corrected chi connectivity index (χ2v) is 5.90. The molecule has 1 N–H and O–H groups in total. The van der Waals surface area contributed by atoms with Crippen LogP contribution in [0.5, 0.6) is 5.75 Å². The number of fused-ring (bicyclic) bond motifs is 1. The molecule has 24 heavy (non-hydrogen) atoms. The van der Waals surface area contributed by atoms with E-state index in [0.29, 0.717) is 6.61 Å². The Bertz CT molecular complexity index is 789. The van der Waals surface area contributed by atoms with Crippen LogP contribution in [0.3, 0.4) is 0 Å². The summed E-state index contributed by atoms with van der Waals surface area (Å²) in [5.41, 5.74) is 1.86. The molecule has 0 fully saturated rings. The number of hydrogen-bond acceptors (Lipinski definition) is 3. The highest BCUT2D eigenvalue weighted by Gasteiger charge is 2.10. The van der Waals surface area contributed by atoms with Gasteiger partial charge < -0.3 is 14.3 Å². The minimum Gasteiger partial charge on any atom is -0.493 e. The Morgan fingerprint density at radius 1 is 1.12 bits per heavy atom. The van der Waals surface area contributed by atoms with Crippen LogP contribution in [0.2, 0.25) is 0 Å². The highest BCUT2D eigenvalue weighted by molar-refractivity contribution is 5.83. The van der Waals surface area contributed by atoms with Gasteiger partial charge in [-0.3, -0.25) is 0 Å². The second-order valence-electron chi connectivity index (χ2n) is 5.90. The lowest BCUT2D eigenvalue weighted by Gasteiger charge is -2.14. The third kappa shape index (κ3) is 3.87. The molecule has 0 aliphatic rings. The van der Waals surface area contributed by atoms with E-state index in [2.05, 4.69) is 6.58 Å². The molecular weight excluding hydrogens is 300 g/mol. The van der Waals surface area contributed by atoms with Crippen molar-refractivity contribution in [2.45, 2.75) is 12.8 Å². The fraction of sp³-hybridized carbons (Fsp3) is 0.238. The topological polar surface area (TPSA) is 42.6 Å². The Morgan fingerprint density at radius 2 is 1.96 bits per heavy atom. The van der Waals surface area contributed by atoms with Crippen LogP contribution in [0.1, 0.15) is 12.8 Å². The minimum absolute atomic E-state index is 0.120. The fourth-order valence-electron chi connectivity index (χ4n) is 2.64. The van der Waals surface area contributed by atoms with Gasteiger partial charge in [0.25, 0.3) is 0 Å². The first kappa shape index (κ1) is 16.3. The van der Waals surface area contributed by atoms with Gasteiger partial charge in [0.1, 0.15) is 17.1 Å². The summed E-state index contributed by atoms with van der Waals surface area (Å²) in [7, 11) is 0. The number of furan rings is 1. The van der Waals surface area contributed by atoms with Crippen molar-refractivity contribution in [1.29, 1.82) is 0 Å². The lowest BCUT2D eigenvalue weighted by atomic mass is 10.1. The van der Waals surface area contributed by atoms with Crippen molar-refractivity contribution in [1.82, 2.24) is 0 Å². The van der Waals surface area contributed by atoms with Crippen LogP contribution in [-0.2, 0) is 0 Å². The van der Waals surface area contributed by atoms with E-state index >= 15 is 0 Å². The molecule has 3 heteroatoms. The number of aliphatic hydroxyl groups is 1. The molecule has 0 aliphatic heterocycles. The highest BCUT2D eigenvalue weighted by atomic mass is 16.5. The van der Waals surface area contributed by atoms with E-state index in [9.17, 15) is 5.11 Å². The molecule has 3 rings (SSSR count). The summed E-state index contributed by atoms with van der Waals surface area (Å²) in [5.74, 6) is 1.73. The first-order valence-electron chi connectivity index (χ1n) is 8.23. The number of aliphatic hydroxyl groups excluding tert-OH is 1. The normalized spacial score (nSPS) is 12.2. The average molecular weight is 322 g/mol. The summed E-state index contributed by atoms with van der Waals surface area (Å²) in [6.45, 7) is 4.32. The first-order valence-corrected chi connectivity index (χ1v) is 8.23. The van der Waals surface area contributed by atoms with Crippen LogP contribution in [0.25, 0.3) is 22.3 Å². The molecule has 0 radical (unpaired) electrons. The molecule has 1 atom stereocenters. The van der Waals surface area contributed by atoms with Crippen LogP contribution in [0, 0.1) is 5.92 Å². The van der Waals surface area contributed by atoms with Crippen LogP contribution >= 0.6 is 0 Å². The van der Waals surface area contributed by atoms with E-state index < -0.39 is 0 Å². The van der Waals surface area contributed by atoms with Crippen LogP contribution in [-0.4, -0.2) is 18.3 Å². The van der Waals surface area contributed by atoms with Gasteiger partial charge in [0.05, 0.1) is 6.61 Å². The van der Waals surface area contributed by atoms with E-state index in [4.69, 9.17) is 9.15 Å². The zero-order valence-corrected chi connectivity index (χ0v) is 13.7. The van der Waals surface area contributed by atoms with Crippen molar-refractivity contribution in [2.75, 3.05) is 13.2 Å². The Labute approximate surface area is 142 Å². The predicted molar refractivity (Wildman–Crippen MR) is 97.2 cm³/mol. The Kier molecular flexibility index (Phi) is 5.34. The molecule has 124 valence electrons. The lowest BCUT2D eigenvalue weighted by Crippen LogP contribution is -2.15. The molecular formula is C21H22O3. The van der Waals surface area contributed by atoms with Crippen LogP contribution in [0.4, 0.5) is 0 Å². The van der Waals surface area contributed by atoms with Crippen molar-refractivity contribution >= 4 is 11.0 Å². The molecule has 3 aromatic rings. The second kappa shape index (κ2) is 7.84. The zero-order chi connectivity index (χ0) is 16.8. The molecule has 2 aromatic carbocycles. The summed E-state index contributed by atoms with van der Waals surface area (Å²) < 4.78 is 11.8. The lowest BCUT2D eigenvalue weighted by molar-refractivity contribution is 0.157. The van der Waals surface area contributed by atoms with Gasteiger partial charge in [0.2, 0.25) is 0 Å². The smallest absolute Gasteiger partial charge is 0.138 e. The van der Waals surface area contributed by atoms with E-state index in [1.165, 1.54) is 0 Å². The van der Waals surface area contributed by atoms with Crippen molar-refractivity contribution in [3.8, 4) is 17.1 Å². The number of benzene rings is 2. The van der Waals surface area contributed by atoms with Crippen LogP contribution < -0.4 is 4.74 Å². The van der Waals surface area contributed by atoms with Gasteiger partial charge in [-0.05, 0) is 31.0 Å². The van der Waals surface area contributed by atoms with Gasteiger partial charge in [-0.15, -0.1) is 6.58 Å². The first-order chi connectivity index (χ1) is 11.8. The fourth-order valence-corrected chi connectivity index (χ4v) is 2.64. The maximum atomic E-state index is 9.40. The van der Waals surface area contributed by atoms with E-state index in [0.717, 1.165) is 40.9 Å². The predicted octanol–water partition coefficient (Wildman–Crippen LogP) is 5.05. The molecule has 0 saturated carbocycles. The summed E-state index contributed by atoms with van der Waals surface area (Å²) in [5, 5.41) is 10.4. The van der Waals surface area contributed by atoms with Gasteiger partial charge in [-0.25, -0.2) is 0 Å². The van der Waals surface area contributed by atoms with E-state index in [1.54, 1.807) is 0 Å². The maximum absolute atomic E-state index is 9.40. The molecule has 1 aromatic heterocycles. The average Bonchev–Trinajstić information content (AvgIpc) is 3.06. The van der Waals surface area contributed by atoms with E-state index in [-0.39, 0.29) is 12.5 Å². The largest absolute Gasteiger partial charge is 0.493 e. The molecule has 0 saturated heterocycles. The van der Waals surface area contributed by atoms with Crippen molar-refractivity contribution in [2.24, 2.45) is 5.92 Å². The van der Waals surface area contributed by atoms with E-state index in [1.807, 2.05) is 60.7 Å². The molecule has 1 heterocycles. The Morgan fingerprint density at radius 3 is 2.71 bits per heavy atom. The molecule has 1 unspecified atom stereocenters. The monoisotopic (exact) mass is 322 g/mol. The van der Waals surface area contributed by atoms with Crippen LogP contribution in [0.15, 0.2) is 71.7 Å². The maximum Gasteiger partial charge on any atom is 0.138 e. The van der Waals surface area contributed by atoms with Gasteiger partial charge in [-0.2, -0.15) is 0 Å². The van der Waals surface area contributed by atoms with Gasteiger partial charge in [0, 0.05) is 29.5 Å². The third-order valence-corrected chi connectivity index (χ3v) is 4.07. The highest BCUT2D eigenvalue weighted by Crippen LogP contribution is 2.30. The van der Waals surface area contributed by atoms with Gasteiger partial charge in [0.15, 0.2) is 0 Å². The quantitative estimate of drug-likeness (QED) is 0.590. The molecule has 0 aliphatic carbocycles. The summed E-state index contributed by atoms with van der Waals surface area (Å²) in [4.78, 5) is 0. The zero-order valence-electron chi connectivity index (χ0n) is 13.7. The molecule has 0 bridgehead atoms. The van der Waals surface area contributed by atoms with Crippen molar-refractivity contribution in [3.63, 3.8) is 0 Å². The summed E-state index contributed by atoms with van der Waals surface area (Å²) >= 11 is 0. The SMILES string of the molecule is C=CCCC(CO)COc1ccc2cc(-c3ccccc3)oc2c1. The Hall–Kier alpha value is -2.52. The van der Waals surface area contributed by atoms with Gasteiger partial charge in [-0.1, -0.05) is 36.4 Å². The standard InChI is InChI=1S/C21H22O3/c1-2-3-7-16(14-22)15-23-19-11-10-18-12-20(24-21(18)13-19)17-8-5-4-6-9-17/h2,4-6,8-13,16,22H,1,3,7,14-15H2. The molecule has 3 nitrogen and oxygen atoms in total. The van der Waals surface area contributed by atoms with Crippen molar-refractivity contribution in [3.05, 3.63) is 67.3 Å². The van der Waals surface area contributed by atoms with Crippen molar-refractivity contribution < 1.29 is 14.3 Å². The molecule has 0 amide bonds. The summed E-state index contributed by atoms with van der Waals surface area (Å²) in [6, 6.07) is 17.9. The number of rotatable bonds is 8. The molecule has 0 spiro atoms. The third-order valence-electron chi connectivity index (χ3n) is 4.07. The number of ether oxygens (including phenoxy) is 1. The number of allylic oxidation sites excluding steroid dienone is 1. The summed E-state index contributed by atoms with van der Waals surface area (Å²) in [6.07, 6.45) is 3.62. The van der Waals surface area contributed by atoms with Gasteiger partial charge >= 0.3 is 0 Å².